The zero-order valence-corrected chi connectivity index (χ0v) is 16.6. The molecule has 1 aliphatic heterocycles. The van der Waals surface area contributed by atoms with E-state index in [0.29, 0.717) is 35.2 Å². The summed E-state index contributed by atoms with van der Waals surface area (Å²) in [6.45, 7) is 1.59. The van der Waals surface area contributed by atoms with Crippen LogP contribution in [0.25, 0.3) is 22.0 Å². The van der Waals surface area contributed by atoms with E-state index in [4.69, 9.17) is 4.74 Å². The molecule has 0 radical (unpaired) electrons. The maximum Gasteiger partial charge on any atom is 0.251 e. The molecule has 2 aromatic carbocycles. The highest BCUT2D eigenvalue weighted by molar-refractivity contribution is 5.84. The van der Waals surface area contributed by atoms with Gasteiger partial charge in [0.2, 0.25) is 0 Å². The van der Waals surface area contributed by atoms with Gasteiger partial charge in [-0.2, -0.15) is 10.4 Å². The molecule has 4 rings (SSSR count). The zero-order valence-electron chi connectivity index (χ0n) is 16.6. The smallest absolute Gasteiger partial charge is 0.251 e. The number of hydrogen-bond donors (Lipinski definition) is 3. The van der Waals surface area contributed by atoms with Gasteiger partial charge in [0.1, 0.15) is 23.8 Å². The fourth-order valence-electron chi connectivity index (χ4n) is 3.56. The van der Waals surface area contributed by atoms with Crippen LogP contribution in [0.4, 0.5) is 8.78 Å². The summed E-state index contributed by atoms with van der Waals surface area (Å²) in [4.78, 5) is 12.4. The second-order valence-electron chi connectivity index (χ2n) is 7.41. The van der Waals surface area contributed by atoms with Crippen molar-refractivity contribution in [1.29, 1.82) is 5.26 Å². The number of carbonyl (C=O) groups is 1. The number of benzene rings is 2. The second-order valence-corrected chi connectivity index (χ2v) is 7.41. The van der Waals surface area contributed by atoms with Crippen molar-refractivity contribution in [1.82, 2.24) is 20.8 Å². The summed E-state index contributed by atoms with van der Waals surface area (Å²) in [5.41, 5.74) is 1.79. The molecule has 160 valence electrons. The van der Waals surface area contributed by atoms with Crippen molar-refractivity contribution in [3.63, 3.8) is 0 Å². The van der Waals surface area contributed by atoms with Crippen molar-refractivity contribution in [2.75, 3.05) is 19.7 Å². The van der Waals surface area contributed by atoms with Crippen LogP contribution in [0.1, 0.15) is 12.0 Å². The summed E-state index contributed by atoms with van der Waals surface area (Å²) in [6, 6.07) is 8.60. The van der Waals surface area contributed by atoms with Crippen LogP contribution in [0.2, 0.25) is 0 Å². The van der Waals surface area contributed by atoms with Crippen molar-refractivity contribution in [3.05, 3.63) is 53.7 Å². The van der Waals surface area contributed by atoms with E-state index in [0.717, 1.165) is 13.0 Å². The molecule has 7 nitrogen and oxygen atoms in total. The fourth-order valence-corrected chi connectivity index (χ4v) is 3.56. The minimum absolute atomic E-state index is 0.00243. The number of aromatic amines is 1. The molecule has 1 fully saturated rings. The fraction of sp³-hybridized carbons (Fsp3) is 0.318. The van der Waals surface area contributed by atoms with Crippen LogP contribution in [-0.4, -0.2) is 47.9 Å². The largest absolute Gasteiger partial charge is 0.367 e. The van der Waals surface area contributed by atoms with Gasteiger partial charge in [0.05, 0.1) is 23.2 Å². The highest BCUT2D eigenvalue weighted by Crippen LogP contribution is 2.27. The predicted molar refractivity (Wildman–Crippen MR) is 110 cm³/mol. The maximum atomic E-state index is 14.8. The van der Waals surface area contributed by atoms with Crippen LogP contribution < -0.4 is 10.6 Å². The second kappa shape index (κ2) is 9.20. The lowest BCUT2D eigenvalue weighted by Gasteiger charge is -2.18. The topological polar surface area (TPSA) is 103 Å². The van der Waals surface area contributed by atoms with Crippen molar-refractivity contribution in [3.8, 4) is 17.2 Å². The minimum atomic E-state index is -0.904. The molecule has 0 aliphatic carbocycles. The summed E-state index contributed by atoms with van der Waals surface area (Å²) in [5, 5.41) is 22.0. The van der Waals surface area contributed by atoms with Crippen LogP contribution in [0.15, 0.2) is 36.5 Å². The van der Waals surface area contributed by atoms with Gasteiger partial charge in [-0.3, -0.25) is 9.89 Å². The van der Waals surface area contributed by atoms with Gasteiger partial charge in [-0.15, -0.1) is 0 Å². The summed E-state index contributed by atoms with van der Waals surface area (Å²) >= 11 is 0. The van der Waals surface area contributed by atoms with Gasteiger partial charge in [-0.1, -0.05) is 12.1 Å². The number of nitrogens with one attached hydrogen (secondary N) is 3. The first kappa shape index (κ1) is 20.9. The third-order valence-electron chi connectivity index (χ3n) is 5.23. The summed E-state index contributed by atoms with van der Waals surface area (Å²) < 4.78 is 34.5. The SMILES string of the molecule is N#C[C@@H](Cc1ccc(-c2cc(F)c3cn[nH]c3c2)cc1F)NC(=O)[C@@H]1CNCCCO1. The Bertz CT molecular complexity index is 1130. The van der Waals surface area contributed by atoms with Crippen molar-refractivity contribution in [2.45, 2.75) is 25.0 Å². The number of nitrogens with zero attached hydrogens (tertiary/aromatic N) is 2. The molecule has 31 heavy (non-hydrogen) atoms. The lowest BCUT2D eigenvalue weighted by molar-refractivity contribution is -0.132. The first-order chi connectivity index (χ1) is 15.0. The van der Waals surface area contributed by atoms with Gasteiger partial charge < -0.3 is 15.4 Å². The first-order valence-electron chi connectivity index (χ1n) is 9.99. The van der Waals surface area contributed by atoms with Gasteiger partial charge in [-0.05, 0) is 47.9 Å². The quantitative estimate of drug-likeness (QED) is 0.583. The van der Waals surface area contributed by atoms with Gasteiger partial charge >= 0.3 is 0 Å². The molecule has 0 spiro atoms. The molecule has 0 saturated carbocycles. The first-order valence-corrected chi connectivity index (χ1v) is 9.99. The molecule has 0 unspecified atom stereocenters. The normalized spacial score (nSPS) is 17.6. The lowest BCUT2D eigenvalue weighted by Crippen LogP contribution is -2.46. The summed E-state index contributed by atoms with van der Waals surface area (Å²) in [7, 11) is 0. The van der Waals surface area contributed by atoms with Crippen LogP contribution in [0, 0.1) is 23.0 Å². The maximum absolute atomic E-state index is 14.8. The van der Waals surface area contributed by atoms with Crippen LogP contribution in [0.5, 0.6) is 0 Å². The Labute approximate surface area is 177 Å². The van der Waals surface area contributed by atoms with Gasteiger partial charge in [0.15, 0.2) is 0 Å². The Morgan fingerprint density at radius 2 is 2.13 bits per heavy atom. The number of aromatic nitrogens is 2. The molecule has 3 aromatic rings. The van der Waals surface area contributed by atoms with E-state index in [9.17, 15) is 18.8 Å². The molecule has 3 N–H and O–H groups in total. The molecular formula is C22H21F2N5O2. The van der Waals surface area contributed by atoms with Crippen molar-refractivity contribution < 1.29 is 18.3 Å². The molecule has 1 amide bonds. The molecular weight excluding hydrogens is 404 g/mol. The van der Waals surface area contributed by atoms with Gasteiger partial charge in [0.25, 0.3) is 5.91 Å². The average molecular weight is 425 g/mol. The monoisotopic (exact) mass is 425 g/mol. The average Bonchev–Trinajstić information content (AvgIpc) is 3.08. The Kier molecular flexibility index (Phi) is 6.21. The van der Waals surface area contributed by atoms with E-state index in [-0.39, 0.29) is 12.0 Å². The van der Waals surface area contributed by atoms with E-state index >= 15 is 0 Å². The number of fused-ring (bicyclic) bond motifs is 1. The standard InChI is InChI=1S/C22H21F2N5O2/c23-18-7-13(15-8-19(24)17-11-27-29-20(17)9-15)2-3-14(18)6-16(10-25)28-22(30)21-12-26-4-1-5-31-21/h2-3,7-9,11,16,21,26H,1,4-6,12H2,(H,27,29)(H,28,30)/t16-,21+/m1/s1. The number of rotatable bonds is 5. The molecule has 2 atom stereocenters. The molecule has 1 aromatic heterocycles. The predicted octanol–water partition coefficient (Wildman–Crippen LogP) is 2.44. The van der Waals surface area contributed by atoms with E-state index < -0.39 is 29.7 Å². The summed E-state index contributed by atoms with van der Waals surface area (Å²) in [6.07, 6.45) is 1.52. The van der Waals surface area contributed by atoms with Crippen molar-refractivity contribution in [2.24, 2.45) is 0 Å². The number of nitriles is 1. The number of halogens is 2. The molecule has 1 saturated heterocycles. The van der Waals surface area contributed by atoms with Crippen LogP contribution in [-0.2, 0) is 16.0 Å². The molecule has 0 bridgehead atoms. The number of amides is 1. The van der Waals surface area contributed by atoms with E-state index in [1.807, 2.05) is 6.07 Å². The van der Waals surface area contributed by atoms with E-state index in [1.165, 1.54) is 18.3 Å². The minimum Gasteiger partial charge on any atom is -0.367 e. The van der Waals surface area contributed by atoms with Crippen molar-refractivity contribution >= 4 is 16.8 Å². The molecule has 2 heterocycles. The van der Waals surface area contributed by atoms with E-state index in [2.05, 4.69) is 20.8 Å². The zero-order chi connectivity index (χ0) is 21.8. The summed E-state index contributed by atoms with van der Waals surface area (Å²) in [5.74, 6) is -1.39. The highest BCUT2D eigenvalue weighted by Gasteiger charge is 2.24. The Balaban J connectivity index is 1.48. The van der Waals surface area contributed by atoms with E-state index in [1.54, 1.807) is 18.2 Å². The molecule has 1 aliphatic rings. The van der Waals surface area contributed by atoms with Gasteiger partial charge in [0, 0.05) is 19.6 Å². The number of ether oxygens (including phenoxy) is 1. The van der Waals surface area contributed by atoms with Gasteiger partial charge in [-0.25, -0.2) is 8.78 Å². The number of carbonyl (C=O) groups excluding carboxylic acids is 1. The third-order valence-corrected chi connectivity index (χ3v) is 5.23. The Morgan fingerprint density at radius 1 is 1.29 bits per heavy atom. The third kappa shape index (κ3) is 4.71. The Morgan fingerprint density at radius 3 is 2.94 bits per heavy atom. The number of H-pyrrole nitrogens is 1. The molecule has 9 heteroatoms. The van der Waals surface area contributed by atoms with Crippen LogP contribution in [0.3, 0.4) is 0 Å². The van der Waals surface area contributed by atoms with Crippen LogP contribution >= 0.6 is 0 Å². The number of hydrogen-bond acceptors (Lipinski definition) is 5. The highest BCUT2D eigenvalue weighted by atomic mass is 19.1. The Hall–Kier alpha value is -3.35. The lowest BCUT2D eigenvalue weighted by atomic mass is 9.99.